The molecule has 5 unspecified atom stereocenters. The molecule has 0 bridgehead atoms. The molecule has 0 amide bonds. The molecule has 0 aliphatic carbocycles. The second kappa shape index (κ2) is 16.5. The van der Waals surface area contributed by atoms with Crippen LogP contribution in [0.4, 0.5) is 5.69 Å². The van der Waals surface area contributed by atoms with E-state index in [1.54, 1.807) is 0 Å². The van der Waals surface area contributed by atoms with Crippen LogP contribution >= 0.6 is 0 Å². The van der Waals surface area contributed by atoms with Crippen LogP contribution in [0.3, 0.4) is 0 Å². The van der Waals surface area contributed by atoms with Gasteiger partial charge in [0.05, 0.1) is 11.9 Å². The molecule has 8 N–H and O–H groups in total. The van der Waals surface area contributed by atoms with E-state index in [1.807, 2.05) is 24.3 Å². The molecule has 220 valence electrons. The number of ether oxygens (including phenoxy) is 1. The van der Waals surface area contributed by atoms with Gasteiger partial charge in [0.2, 0.25) is 6.29 Å². The lowest BCUT2D eigenvalue weighted by Gasteiger charge is -2.32. The van der Waals surface area contributed by atoms with Crippen LogP contribution in [0.15, 0.2) is 34.3 Å². The Balaban J connectivity index is 1.84. The normalized spacial score (nSPS) is 18.5. The minimum Gasteiger partial charge on any atom is -0.390 e. The van der Waals surface area contributed by atoms with Crippen molar-refractivity contribution in [2.24, 2.45) is 9.98 Å². The van der Waals surface area contributed by atoms with Crippen molar-refractivity contribution in [1.29, 1.82) is 0 Å². The van der Waals surface area contributed by atoms with Crippen LogP contribution in [-0.4, -0.2) is 86.7 Å². The molecule has 0 saturated heterocycles. The van der Waals surface area contributed by atoms with Crippen molar-refractivity contribution >= 4 is 24.0 Å². The second-order valence-electron chi connectivity index (χ2n) is 10.3. The number of aliphatic imine (C=N–C) groups is 2. The number of hydrogen-bond acceptors (Lipinski definition) is 12. The molecule has 1 aromatic carbocycles. The molecule has 39 heavy (non-hydrogen) atoms. The molecule has 1 heterocycles. The van der Waals surface area contributed by atoms with Gasteiger partial charge in [-0.2, -0.15) is 4.99 Å². The van der Waals surface area contributed by atoms with Crippen molar-refractivity contribution in [2.45, 2.75) is 109 Å². The van der Waals surface area contributed by atoms with Crippen molar-refractivity contribution in [1.82, 2.24) is 10.6 Å². The van der Waals surface area contributed by atoms with Gasteiger partial charge in [0, 0.05) is 18.8 Å². The van der Waals surface area contributed by atoms with Crippen molar-refractivity contribution < 1.29 is 35.1 Å². The van der Waals surface area contributed by atoms with Crippen LogP contribution in [-0.2, 0) is 16.1 Å². The molecule has 0 spiro atoms. The standard InChI is InChI=1S/C27H45N5O7/c1-4-5-6-7-8-9-12-15-28-19-14-11-10-13-18(19)16-29-25-30-17-31-26(32-25)39-24(37)22(35)20(33)21(34)23(36)27(2,3)38/h10-11,13-14,17,20-23,25,28-29,33-36,38H,4-9,12,15-16H2,1-3H3,(H,30,31,32). The highest BCUT2D eigenvalue weighted by Crippen LogP contribution is 2.18. The topological polar surface area (TPSA) is 188 Å². The highest BCUT2D eigenvalue weighted by atomic mass is 16.6. The van der Waals surface area contributed by atoms with Crippen LogP contribution in [0.25, 0.3) is 0 Å². The first-order chi connectivity index (χ1) is 18.5. The molecule has 12 nitrogen and oxygen atoms in total. The molecule has 0 aromatic heterocycles. The van der Waals surface area contributed by atoms with Gasteiger partial charge in [0.1, 0.15) is 18.3 Å². The average Bonchev–Trinajstić information content (AvgIpc) is 2.91. The van der Waals surface area contributed by atoms with Crippen LogP contribution in [0.5, 0.6) is 0 Å². The Hall–Kier alpha value is -2.61. The monoisotopic (exact) mass is 551 g/mol. The fraction of sp³-hybridized carbons (Fsp3) is 0.667. The summed E-state index contributed by atoms with van der Waals surface area (Å²) in [6.07, 6.45) is 1.03. The Kier molecular flexibility index (Phi) is 13.8. The maximum Gasteiger partial charge on any atom is 0.345 e. The number of aliphatic hydroxyl groups is 5. The number of esters is 1. The molecule has 1 aromatic rings. The van der Waals surface area contributed by atoms with Crippen LogP contribution < -0.4 is 16.0 Å². The van der Waals surface area contributed by atoms with E-state index in [0.717, 1.165) is 24.2 Å². The van der Waals surface area contributed by atoms with Crippen LogP contribution in [0.2, 0.25) is 0 Å². The first-order valence-electron chi connectivity index (χ1n) is 13.6. The number of carbonyl (C=O) groups excluding carboxylic acids is 1. The minimum atomic E-state index is -2.21. The Morgan fingerprint density at radius 1 is 1.05 bits per heavy atom. The maximum atomic E-state index is 12.3. The summed E-state index contributed by atoms with van der Waals surface area (Å²) in [5, 5.41) is 59.0. The van der Waals surface area contributed by atoms with E-state index in [-0.39, 0.29) is 6.02 Å². The van der Waals surface area contributed by atoms with E-state index in [9.17, 15) is 30.3 Å². The first kappa shape index (κ1) is 32.6. The van der Waals surface area contributed by atoms with Gasteiger partial charge >= 0.3 is 12.0 Å². The maximum absolute atomic E-state index is 12.3. The van der Waals surface area contributed by atoms with Gasteiger partial charge < -0.3 is 40.9 Å². The van der Waals surface area contributed by atoms with Gasteiger partial charge in [-0.1, -0.05) is 63.6 Å². The Bertz CT molecular complexity index is 937. The van der Waals surface area contributed by atoms with E-state index in [2.05, 4.69) is 32.9 Å². The molecule has 0 saturated carbocycles. The average molecular weight is 552 g/mol. The van der Waals surface area contributed by atoms with Crippen molar-refractivity contribution in [3.05, 3.63) is 29.8 Å². The number of amidine groups is 1. The number of aliphatic hydroxyl groups excluding tert-OH is 4. The highest BCUT2D eigenvalue weighted by Gasteiger charge is 2.41. The zero-order valence-electron chi connectivity index (χ0n) is 23.1. The number of nitrogens with one attached hydrogen (secondary N) is 3. The second-order valence-corrected chi connectivity index (χ2v) is 10.3. The molecular formula is C27H45N5O7. The lowest BCUT2D eigenvalue weighted by atomic mass is 9.92. The SMILES string of the molecule is CCCCCCCCCNc1ccccc1CNC1N=CNC(OC(=O)C(O)C(O)C(O)C(O)C(C)(C)O)=N1. The molecule has 0 fully saturated rings. The van der Waals surface area contributed by atoms with Gasteiger partial charge in [-0.25, -0.2) is 9.79 Å². The van der Waals surface area contributed by atoms with Crippen molar-refractivity contribution in [3.63, 3.8) is 0 Å². The fourth-order valence-electron chi connectivity index (χ4n) is 3.94. The highest BCUT2D eigenvalue weighted by molar-refractivity contribution is 5.95. The predicted octanol–water partition coefficient (Wildman–Crippen LogP) is 0.968. The third-order valence-corrected chi connectivity index (χ3v) is 6.39. The number of hydrogen-bond donors (Lipinski definition) is 8. The summed E-state index contributed by atoms with van der Waals surface area (Å²) < 4.78 is 4.99. The Morgan fingerprint density at radius 2 is 1.72 bits per heavy atom. The molecule has 5 atom stereocenters. The lowest BCUT2D eigenvalue weighted by molar-refractivity contribution is -0.175. The number of unbranched alkanes of at least 4 members (excludes halogenated alkanes) is 6. The molecule has 12 heteroatoms. The summed E-state index contributed by atoms with van der Waals surface area (Å²) in [6, 6.07) is 7.62. The summed E-state index contributed by atoms with van der Waals surface area (Å²) >= 11 is 0. The Morgan fingerprint density at radius 3 is 2.41 bits per heavy atom. The molecular weight excluding hydrogens is 506 g/mol. The van der Waals surface area contributed by atoms with E-state index in [0.29, 0.717) is 6.54 Å². The number of carbonyl (C=O) groups is 1. The quantitative estimate of drug-likeness (QED) is 0.102. The number of rotatable bonds is 17. The molecule has 1 aliphatic rings. The zero-order valence-corrected chi connectivity index (χ0v) is 23.1. The number of nitrogens with zero attached hydrogens (tertiary/aromatic N) is 2. The smallest absolute Gasteiger partial charge is 0.345 e. The Labute approximate surface area is 230 Å². The van der Waals surface area contributed by atoms with E-state index < -0.39 is 42.3 Å². The lowest BCUT2D eigenvalue weighted by Crippen LogP contribution is -2.55. The first-order valence-corrected chi connectivity index (χ1v) is 13.6. The largest absolute Gasteiger partial charge is 0.390 e. The molecule has 1 aliphatic heterocycles. The summed E-state index contributed by atoms with van der Waals surface area (Å²) in [4.78, 5) is 20.6. The van der Waals surface area contributed by atoms with Crippen LogP contribution in [0.1, 0.15) is 71.3 Å². The zero-order chi connectivity index (χ0) is 28.8. The third-order valence-electron chi connectivity index (χ3n) is 6.39. The minimum absolute atomic E-state index is 0.276. The van der Waals surface area contributed by atoms with E-state index >= 15 is 0 Å². The fourth-order valence-corrected chi connectivity index (χ4v) is 3.94. The molecule has 0 radical (unpaired) electrons. The van der Waals surface area contributed by atoms with Gasteiger partial charge in [-0.05, 0) is 31.9 Å². The van der Waals surface area contributed by atoms with Gasteiger partial charge in [0.15, 0.2) is 6.10 Å². The van der Waals surface area contributed by atoms with E-state index in [1.165, 1.54) is 58.7 Å². The number of anilines is 1. The van der Waals surface area contributed by atoms with E-state index in [4.69, 9.17) is 4.74 Å². The van der Waals surface area contributed by atoms with Gasteiger partial charge in [-0.3, -0.25) is 5.32 Å². The number of benzene rings is 1. The molecule has 2 rings (SSSR count). The predicted molar refractivity (Wildman–Crippen MR) is 149 cm³/mol. The third kappa shape index (κ3) is 11.2. The summed E-state index contributed by atoms with van der Waals surface area (Å²) in [5.74, 6) is -1.32. The van der Waals surface area contributed by atoms with Crippen molar-refractivity contribution in [2.75, 3.05) is 11.9 Å². The summed E-state index contributed by atoms with van der Waals surface area (Å²) in [5.41, 5.74) is 0.241. The number of para-hydroxylation sites is 1. The van der Waals surface area contributed by atoms with Gasteiger partial charge in [-0.15, -0.1) is 0 Å². The summed E-state index contributed by atoms with van der Waals surface area (Å²) in [7, 11) is 0. The van der Waals surface area contributed by atoms with Crippen molar-refractivity contribution in [3.8, 4) is 0 Å². The van der Waals surface area contributed by atoms with Crippen LogP contribution in [0, 0.1) is 0 Å². The summed E-state index contributed by atoms with van der Waals surface area (Å²) in [6.45, 7) is 5.93. The van der Waals surface area contributed by atoms with Gasteiger partial charge in [0.25, 0.3) is 0 Å².